The molecule has 1 heterocycles. The Morgan fingerprint density at radius 1 is 1.19 bits per heavy atom. The van der Waals surface area contributed by atoms with Crippen molar-refractivity contribution < 1.29 is 17.9 Å². The van der Waals surface area contributed by atoms with E-state index in [0.29, 0.717) is 22.3 Å². The van der Waals surface area contributed by atoms with Crippen molar-refractivity contribution in [1.82, 2.24) is 4.98 Å². The second kappa shape index (κ2) is 8.09. The minimum atomic E-state index is -4.37. The molecule has 3 N–H and O–H groups in total. The summed E-state index contributed by atoms with van der Waals surface area (Å²) < 4.78 is 43.9. The third-order valence-electron chi connectivity index (χ3n) is 3.41. The molecule has 0 aliphatic carbocycles. The topological polar surface area (TPSA) is 72.5 Å². The highest BCUT2D eigenvalue weighted by Gasteiger charge is 2.30. The standard InChI is InChI=1S/C18H15F3N4OS/c19-18(20,21)14-5-1-4-13(7-14)10-26-15-6-2-3-12(8-15)9-23-25-17-24-16(22)11-27-17/h1-9,11H,10,22H2,(H,24,25). The number of thiazole rings is 1. The van der Waals surface area contributed by atoms with Crippen LogP contribution in [-0.2, 0) is 12.8 Å². The fraction of sp³-hybridized carbons (Fsp3) is 0.111. The van der Waals surface area contributed by atoms with E-state index in [0.717, 1.165) is 17.7 Å². The molecule has 0 saturated heterocycles. The predicted molar refractivity (Wildman–Crippen MR) is 100.0 cm³/mol. The molecule has 0 aliphatic heterocycles. The second-order valence-electron chi connectivity index (χ2n) is 5.51. The Balaban J connectivity index is 1.61. The summed E-state index contributed by atoms with van der Waals surface area (Å²) in [4.78, 5) is 4.01. The first-order valence-corrected chi connectivity index (χ1v) is 8.67. The van der Waals surface area contributed by atoms with E-state index < -0.39 is 11.7 Å². The Hall–Kier alpha value is -3.07. The summed E-state index contributed by atoms with van der Waals surface area (Å²) in [7, 11) is 0. The van der Waals surface area contributed by atoms with Crippen molar-refractivity contribution >= 4 is 28.5 Å². The molecule has 0 aliphatic rings. The lowest BCUT2D eigenvalue weighted by atomic mass is 10.1. The molecule has 3 rings (SSSR count). The molecule has 0 unspecified atom stereocenters. The molecule has 0 fully saturated rings. The number of ether oxygens (including phenoxy) is 1. The van der Waals surface area contributed by atoms with Gasteiger partial charge in [-0.3, -0.25) is 5.43 Å². The molecular formula is C18H15F3N4OS. The first kappa shape index (κ1) is 18.7. The van der Waals surface area contributed by atoms with E-state index in [1.54, 1.807) is 35.9 Å². The maximum Gasteiger partial charge on any atom is 0.416 e. The molecule has 0 amide bonds. The Morgan fingerprint density at radius 2 is 2.00 bits per heavy atom. The van der Waals surface area contributed by atoms with E-state index in [9.17, 15) is 13.2 Å². The predicted octanol–water partition coefficient (Wildman–Crippen LogP) is 4.77. The van der Waals surface area contributed by atoms with Gasteiger partial charge in [-0.15, -0.1) is 11.3 Å². The first-order chi connectivity index (χ1) is 12.9. The van der Waals surface area contributed by atoms with Gasteiger partial charge in [0.15, 0.2) is 0 Å². The summed E-state index contributed by atoms with van der Waals surface area (Å²) >= 11 is 1.33. The van der Waals surface area contributed by atoms with Crippen molar-refractivity contribution in [2.75, 3.05) is 11.2 Å². The molecule has 0 spiro atoms. The van der Waals surface area contributed by atoms with Crippen molar-refractivity contribution in [3.05, 3.63) is 70.6 Å². The molecule has 5 nitrogen and oxygen atoms in total. The Labute approximate surface area is 157 Å². The average Bonchev–Trinajstić information content (AvgIpc) is 3.05. The van der Waals surface area contributed by atoms with Gasteiger partial charge in [-0.25, -0.2) is 4.98 Å². The smallest absolute Gasteiger partial charge is 0.416 e. The zero-order valence-corrected chi connectivity index (χ0v) is 14.7. The Kier molecular flexibility index (Phi) is 5.60. The van der Waals surface area contributed by atoms with Crippen LogP contribution in [0.4, 0.5) is 24.1 Å². The van der Waals surface area contributed by atoms with Gasteiger partial charge in [0, 0.05) is 5.38 Å². The van der Waals surface area contributed by atoms with Crippen LogP contribution in [0.1, 0.15) is 16.7 Å². The summed E-state index contributed by atoms with van der Waals surface area (Å²) in [5.41, 5.74) is 8.78. The number of aromatic nitrogens is 1. The number of nitrogens with two attached hydrogens (primary N) is 1. The third-order valence-corrected chi connectivity index (χ3v) is 4.18. The molecule has 0 atom stereocenters. The summed E-state index contributed by atoms with van der Waals surface area (Å²) in [6.45, 7) is 0.0289. The number of nitrogen functional groups attached to an aromatic ring is 1. The van der Waals surface area contributed by atoms with Gasteiger partial charge in [0.25, 0.3) is 0 Å². The number of alkyl halides is 3. The zero-order valence-electron chi connectivity index (χ0n) is 13.9. The molecule has 9 heteroatoms. The van der Waals surface area contributed by atoms with Gasteiger partial charge >= 0.3 is 6.18 Å². The summed E-state index contributed by atoms with van der Waals surface area (Å²) in [6, 6.07) is 12.1. The molecule has 3 aromatic rings. The van der Waals surface area contributed by atoms with E-state index in [2.05, 4.69) is 15.5 Å². The molecule has 2 aromatic carbocycles. The van der Waals surface area contributed by atoms with E-state index in [-0.39, 0.29) is 6.61 Å². The van der Waals surface area contributed by atoms with Crippen molar-refractivity contribution in [3.8, 4) is 5.75 Å². The zero-order chi connectivity index (χ0) is 19.3. The molecule has 27 heavy (non-hydrogen) atoms. The summed E-state index contributed by atoms with van der Waals surface area (Å²) in [6.07, 6.45) is -2.80. The molecule has 0 bridgehead atoms. The molecule has 1 aromatic heterocycles. The van der Waals surface area contributed by atoms with Gasteiger partial charge < -0.3 is 10.5 Å². The van der Waals surface area contributed by atoms with E-state index in [1.807, 2.05) is 6.07 Å². The first-order valence-electron chi connectivity index (χ1n) is 7.79. The quantitative estimate of drug-likeness (QED) is 0.468. The minimum Gasteiger partial charge on any atom is -0.489 e. The van der Waals surface area contributed by atoms with E-state index >= 15 is 0 Å². The average molecular weight is 392 g/mol. The number of hydrazone groups is 1. The fourth-order valence-electron chi connectivity index (χ4n) is 2.19. The highest BCUT2D eigenvalue weighted by atomic mass is 32.1. The monoisotopic (exact) mass is 392 g/mol. The van der Waals surface area contributed by atoms with Gasteiger partial charge in [-0.1, -0.05) is 24.3 Å². The normalized spacial score (nSPS) is 11.7. The van der Waals surface area contributed by atoms with Crippen LogP contribution in [0.2, 0.25) is 0 Å². The lowest BCUT2D eigenvalue weighted by Gasteiger charge is -2.10. The van der Waals surface area contributed by atoms with Crippen molar-refractivity contribution in [2.45, 2.75) is 12.8 Å². The van der Waals surface area contributed by atoms with Crippen LogP contribution in [0.5, 0.6) is 5.75 Å². The van der Waals surface area contributed by atoms with Gasteiger partial charge in [0.1, 0.15) is 18.2 Å². The van der Waals surface area contributed by atoms with Crippen molar-refractivity contribution in [2.24, 2.45) is 5.10 Å². The summed E-state index contributed by atoms with van der Waals surface area (Å²) in [5, 5.41) is 6.32. The lowest BCUT2D eigenvalue weighted by molar-refractivity contribution is -0.137. The van der Waals surface area contributed by atoms with E-state index in [4.69, 9.17) is 10.5 Å². The number of hydrogen-bond acceptors (Lipinski definition) is 6. The van der Waals surface area contributed by atoms with Crippen LogP contribution >= 0.6 is 11.3 Å². The number of nitrogens with zero attached hydrogens (tertiary/aromatic N) is 2. The number of rotatable bonds is 6. The number of halogens is 3. The molecular weight excluding hydrogens is 377 g/mol. The van der Waals surface area contributed by atoms with Crippen molar-refractivity contribution in [1.29, 1.82) is 0 Å². The molecule has 140 valence electrons. The fourth-order valence-corrected chi connectivity index (χ4v) is 2.74. The van der Waals surface area contributed by atoms with Crippen LogP contribution in [0.15, 0.2) is 59.0 Å². The minimum absolute atomic E-state index is 0.0289. The van der Waals surface area contributed by atoms with Gasteiger partial charge in [0.2, 0.25) is 5.13 Å². The summed E-state index contributed by atoms with van der Waals surface area (Å²) in [5.74, 6) is 0.942. The number of nitrogens with one attached hydrogen (secondary N) is 1. The van der Waals surface area contributed by atoms with Crippen LogP contribution < -0.4 is 15.9 Å². The second-order valence-corrected chi connectivity index (χ2v) is 6.36. The Morgan fingerprint density at radius 3 is 2.74 bits per heavy atom. The highest BCUT2D eigenvalue weighted by Crippen LogP contribution is 2.29. The van der Waals surface area contributed by atoms with E-state index in [1.165, 1.54) is 17.4 Å². The van der Waals surface area contributed by atoms with Gasteiger partial charge in [-0.05, 0) is 35.4 Å². The van der Waals surface area contributed by atoms with Gasteiger partial charge in [0.05, 0.1) is 11.8 Å². The maximum absolute atomic E-state index is 12.8. The third kappa shape index (κ3) is 5.45. The van der Waals surface area contributed by atoms with Crippen LogP contribution in [-0.4, -0.2) is 11.2 Å². The molecule has 0 radical (unpaired) electrons. The SMILES string of the molecule is Nc1csc(NN=Cc2cccc(OCc3cccc(C(F)(F)F)c3)c2)n1. The van der Waals surface area contributed by atoms with Crippen LogP contribution in [0.25, 0.3) is 0 Å². The maximum atomic E-state index is 12.8. The van der Waals surface area contributed by atoms with Crippen LogP contribution in [0, 0.1) is 0 Å². The number of hydrogen-bond donors (Lipinski definition) is 2. The van der Waals surface area contributed by atoms with Crippen molar-refractivity contribution in [3.63, 3.8) is 0 Å². The highest BCUT2D eigenvalue weighted by molar-refractivity contribution is 7.14. The van der Waals surface area contributed by atoms with Gasteiger partial charge in [-0.2, -0.15) is 18.3 Å². The molecule has 0 saturated carbocycles. The Bertz CT molecular complexity index is 940. The lowest BCUT2D eigenvalue weighted by Crippen LogP contribution is -2.06. The largest absolute Gasteiger partial charge is 0.489 e. The van der Waals surface area contributed by atoms with Crippen LogP contribution in [0.3, 0.4) is 0 Å². The number of benzene rings is 2. The number of anilines is 2.